The molecule has 4 fully saturated rings. The number of rotatable bonds is 8. The molecule has 0 heterocycles. The fourth-order valence-electron chi connectivity index (χ4n) is 6.13. The maximum absolute atomic E-state index is 13.2. The first-order valence-corrected chi connectivity index (χ1v) is 11.4. The highest BCUT2D eigenvalue weighted by molar-refractivity contribution is 5.95. The minimum atomic E-state index is -0.989. The summed E-state index contributed by atoms with van der Waals surface area (Å²) in [5.74, 6) is 0.826. The molecule has 1 aromatic carbocycles. The molecule has 31 heavy (non-hydrogen) atoms. The Kier molecular flexibility index (Phi) is 6.30. The third kappa shape index (κ3) is 5.08. The van der Waals surface area contributed by atoms with Gasteiger partial charge in [-0.25, -0.2) is 4.39 Å². The first kappa shape index (κ1) is 21.8. The normalized spacial score (nSPS) is 29.3. The second-order valence-electron chi connectivity index (χ2n) is 9.69. The van der Waals surface area contributed by atoms with Gasteiger partial charge in [0.2, 0.25) is 5.91 Å². The Balaban J connectivity index is 1.16. The summed E-state index contributed by atoms with van der Waals surface area (Å²) in [4.78, 5) is 37.1. The van der Waals surface area contributed by atoms with Crippen LogP contribution in [0.4, 0.5) is 10.1 Å². The van der Waals surface area contributed by atoms with E-state index >= 15 is 0 Å². The molecule has 0 unspecified atom stereocenters. The van der Waals surface area contributed by atoms with Crippen LogP contribution in [0.3, 0.4) is 0 Å². The highest BCUT2D eigenvalue weighted by Crippen LogP contribution is 2.60. The van der Waals surface area contributed by atoms with Crippen LogP contribution in [0.2, 0.25) is 0 Å². The molecular formula is C24H31FN2O4. The van der Waals surface area contributed by atoms with Crippen LogP contribution < -0.4 is 10.6 Å². The first-order valence-electron chi connectivity index (χ1n) is 11.4. The van der Waals surface area contributed by atoms with Crippen molar-refractivity contribution in [3.8, 4) is 0 Å². The second kappa shape index (κ2) is 8.97. The van der Waals surface area contributed by atoms with E-state index in [1.807, 2.05) is 0 Å². The van der Waals surface area contributed by atoms with Gasteiger partial charge in [0.15, 0.2) is 6.10 Å². The summed E-state index contributed by atoms with van der Waals surface area (Å²) in [6.45, 7) is 1.90. The van der Waals surface area contributed by atoms with E-state index < -0.39 is 23.8 Å². The molecule has 4 aliphatic carbocycles. The topological polar surface area (TPSA) is 84.5 Å². The van der Waals surface area contributed by atoms with Crippen LogP contribution >= 0.6 is 0 Å². The Labute approximate surface area is 182 Å². The summed E-state index contributed by atoms with van der Waals surface area (Å²) in [7, 11) is 0. The smallest absolute Gasteiger partial charge is 0.306 e. The third-order valence-electron chi connectivity index (χ3n) is 7.13. The maximum Gasteiger partial charge on any atom is 0.306 e. The molecule has 4 bridgehead atoms. The third-order valence-corrected chi connectivity index (χ3v) is 7.13. The van der Waals surface area contributed by atoms with Crippen molar-refractivity contribution in [2.45, 2.75) is 64.4 Å². The predicted molar refractivity (Wildman–Crippen MR) is 113 cm³/mol. The molecule has 4 saturated carbocycles. The number of anilines is 1. The van der Waals surface area contributed by atoms with Gasteiger partial charge in [-0.05, 0) is 87.8 Å². The lowest BCUT2D eigenvalue weighted by Crippen LogP contribution is -2.53. The largest absolute Gasteiger partial charge is 0.453 e. The molecule has 0 saturated heterocycles. The lowest BCUT2D eigenvalue weighted by atomic mass is 9.49. The van der Waals surface area contributed by atoms with Crippen molar-refractivity contribution in [2.24, 2.45) is 23.2 Å². The van der Waals surface area contributed by atoms with Gasteiger partial charge in [0.1, 0.15) is 5.82 Å². The van der Waals surface area contributed by atoms with Crippen LogP contribution in [0.25, 0.3) is 0 Å². The summed E-state index contributed by atoms with van der Waals surface area (Å²) >= 11 is 0. The molecule has 7 heteroatoms. The van der Waals surface area contributed by atoms with Crippen LogP contribution in [0.5, 0.6) is 0 Å². The van der Waals surface area contributed by atoms with E-state index in [0.29, 0.717) is 36.4 Å². The minimum Gasteiger partial charge on any atom is -0.453 e. The highest BCUT2D eigenvalue weighted by Gasteiger charge is 2.54. The molecule has 2 amide bonds. The molecule has 6 nitrogen and oxygen atoms in total. The van der Waals surface area contributed by atoms with Crippen molar-refractivity contribution < 1.29 is 23.5 Å². The zero-order chi connectivity index (χ0) is 22.0. The number of nitrogens with one attached hydrogen (secondary N) is 2. The van der Waals surface area contributed by atoms with E-state index in [1.54, 1.807) is 6.07 Å². The molecule has 2 N–H and O–H groups in total. The molecule has 4 aliphatic rings. The molecule has 0 aromatic heterocycles. The van der Waals surface area contributed by atoms with E-state index in [1.165, 1.54) is 44.4 Å². The number of hydrogen-bond donors (Lipinski definition) is 2. The van der Waals surface area contributed by atoms with Gasteiger partial charge >= 0.3 is 5.97 Å². The second-order valence-corrected chi connectivity index (χ2v) is 9.69. The van der Waals surface area contributed by atoms with Gasteiger partial charge in [0, 0.05) is 24.1 Å². The summed E-state index contributed by atoms with van der Waals surface area (Å²) in [5.41, 5.74) is 0.124. The Hall–Kier alpha value is -2.44. The van der Waals surface area contributed by atoms with Crippen molar-refractivity contribution in [3.63, 3.8) is 0 Å². The van der Waals surface area contributed by atoms with E-state index in [2.05, 4.69) is 10.6 Å². The lowest BCUT2D eigenvalue weighted by Gasteiger charge is -2.55. The molecule has 0 aliphatic heterocycles. The monoisotopic (exact) mass is 430 g/mol. The maximum atomic E-state index is 13.2. The van der Waals surface area contributed by atoms with E-state index in [9.17, 15) is 18.8 Å². The van der Waals surface area contributed by atoms with Gasteiger partial charge in [0.05, 0.1) is 0 Å². The zero-order valence-electron chi connectivity index (χ0n) is 18.0. The number of ether oxygens (including phenoxy) is 1. The SMILES string of the molecule is C[C@@H](OC(=O)CCCNC(=O)C12CC3CC(CC(C3)C1)C2)C(=O)Nc1cccc(F)c1. The molecule has 0 spiro atoms. The number of carbonyl (C=O) groups excluding carboxylic acids is 3. The van der Waals surface area contributed by atoms with Crippen molar-refractivity contribution in [2.75, 3.05) is 11.9 Å². The average molecular weight is 431 g/mol. The zero-order valence-corrected chi connectivity index (χ0v) is 18.0. The summed E-state index contributed by atoms with van der Waals surface area (Å²) < 4.78 is 18.4. The Morgan fingerprint density at radius 2 is 1.77 bits per heavy atom. The van der Waals surface area contributed by atoms with E-state index in [-0.39, 0.29) is 17.7 Å². The fourth-order valence-corrected chi connectivity index (χ4v) is 6.13. The van der Waals surface area contributed by atoms with Crippen molar-refractivity contribution >= 4 is 23.5 Å². The molecule has 1 atom stereocenters. The van der Waals surface area contributed by atoms with Gasteiger partial charge in [-0.15, -0.1) is 0 Å². The van der Waals surface area contributed by atoms with Crippen molar-refractivity contribution in [1.82, 2.24) is 5.32 Å². The van der Waals surface area contributed by atoms with E-state index in [0.717, 1.165) is 19.3 Å². The highest BCUT2D eigenvalue weighted by atomic mass is 19.1. The van der Waals surface area contributed by atoms with Gasteiger partial charge in [-0.2, -0.15) is 0 Å². The number of esters is 1. The number of hydrogen-bond acceptors (Lipinski definition) is 4. The lowest BCUT2D eigenvalue weighted by molar-refractivity contribution is -0.153. The summed E-state index contributed by atoms with van der Waals surface area (Å²) in [6.07, 6.45) is 6.54. The van der Waals surface area contributed by atoms with Crippen LogP contribution in [0, 0.1) is 29.0 Å². The molecule has 5 rings (SSSR count). The number of amides is 2. The summed E-state index contributed by atoms with van der Waals surface area (Å²) in [5, 5.41) is 5.57. The minimum absolute atomic E-state index is 0.124. The van der Waals surface area contributed by atoms with Crippen molar-refractivity contribution in [3.05, 3.63) is 30.1 Å². The van der Waals surface area contributed by atoms with Crippen LogP contribution in [-0.2, 0) is 19.1 Å². The van der Waals surface area contributed by atoms with Crippen LogP contribution in [0.15, 0.2) is 24.3 Å². The van der Waals surface area contributed by atoms with Gasteiger partial charge in [0.25, 0.3) is 5.91 Å². The standard InChI is InChI=1S/C24H31FN2O4/c1-15(22(29)27-20-5-2-4-19(25)11-20)31-21(28)6-3-7-26-23(30)24-12-16-8-17(13-24)10-18(9-16)14-24/h2,4-5,11,15-18H,3,6-10,12-14H2,1H3,(H,26,30)(H,27,29)/t15-,16?,17?,18?,24?/m1/s1. The predicted octanol–water partition coefficient (Wildman–Crippen LogP) is 3.81. The van der Waals surface area contributed by atoms with Crippen molar-refractivity contribution in [1.29, 1.82) is 0 Å². The molecule has 168 valence electrons. The summed E-state index contributed by atoms with van der Waals surface area (Å²) in [6, 6.07) is 5.52. The fraction of sp³-hybridized carbons (Fsp3) is 0.625. The molecular weight excluding hydrogens is 399 g/mol. The van der Waals surface area contributed by atoms with Crippen LogP contribution in [0.1, 0.15) is 58.3 Å². The molecule has 0 radical (unpaired) electrons. The molecule has 1 aromatic rings. The Morgan fingerprint density at radius 1 is 1.13 bits per heavy atom. The average Bonchev–Trinajstić information content (AvgIpc) is 2.70. The Morgan fingerprint density at radius 3 is 2.39 bits per heavy atom. The van der Waals surface area contributed by atoms with Gasteiger partial charge < -0.3 is 15.4 Å². The quantitative estimate of drug-likeness (QED) is 0.485. The number of halogens is 1. The van der Waals surface area contributed by atoms with Crippen LogP contribution in [-0.4, -0.2) is 30.4 Å². The van der Waals surface area contributed by atoms with Gasteiger partial charge in [-0.3, -0.25) is 14.4 Å². The number of carbonyl (C=O) groups is 3. The number of benzene rings is 1. The van der Waals surface area contributed by atoms with Gasteiger partial charge in [-0.1, -0.05) is 6.07 Å². The van der Waals surface area contributed by atoms with E-state index in [4.69, 9.17) is 4.74 Å². The Bertz CT molecular complexity index is 820. The first-order chi connectivity index (χ1) is 14.8.